The quantitative estimate of drug-likeness (QED) is 0.847. The third-order valence-corrected chi connectivity index (χ3v) is 6.21. The molecule has 2 heterocycles. The molecular formula is C10H14N2O4S2. The van der Waals surface area contributed by atoms with Crippen LogP contribution in [0.2, 0.25) is 0 Å². The van der Waals surface area contributed by atoms with E-state index < -0.39 is 16.0 Å². The maximum atomic E-state index is 12.3. The first-order chi connectivity index (χ1) is 8.41. The van der Waals surface area contributed by atoms with Crippen LogP contribution in [0.1, 0.15) is 22.5 Å². The highest BCUT2D eigenvalue weighted by atomic mass is 32.2. The van der Waals surface area contributed by atoms with Crippen LogP contribution in [0.25, 0.3) is 0 Å². The molecule has 0 saturated carbocycles. The predicted molar refractivity (Wildman–Crippen MR) is 67.2 cm³/mol. The second-order valence-electron chi connectivity index (χ2n) is 4.19. The molecule has 0 aromatic carbocycles. The fraction of sp³-hybridized carbons (Fsp3) is 0.500. The molecule has 0 bridgehead atoms. The molecule has 2 rings (SSSR count). The van der Waals surface area contributed by atoms with Gasteiger partial charge in [0.05, 0.1) is 0 Å². The summed E-state index contributed by atoms with van der Waals surface area (Å²) in [6.07, 6.45) is 1.55. The standard InChI is InChI=1S/C10H14N2O4S2/c11-7-2-1-5-12(6-7)18(15,16)9-4-3-8(17-9)10(13)14/h3-4,7H,1-2,5-6,11H2,(H,13,14). The zero-order valence-electron chi connectivity index (χ0n) is 9.57. The molecule has 6 nitrogen and oxygen atoms in total. The maximum Gasteiger partial charge on any atom is 0.345 e. The average molecular weight is 290 g/mol. The van der Waals surface area contributed by atoms with Crippen LogP contribution in [0, 0.1) is 0 Å². The molecule has 1 aliphatic heterocycles. The van der Waals surface area contributed by atoms with Crippen LogP contribution in [-0.2, 0) is 10.0 Å². The maximum absolute atomic E-state index is 12.3. The van der Waals surface area contributed by atoms with Crippen molar-refractivity contribution in [2.75, 3.05) is 13.1 Å². The van der Waals surface area contributed by atoms with Gasteiger partial charge in [-0.1, -0.05) is 0 Å². The van der Waals surface area contributed by atoms with E-state index in [4.69, 9.17) is 10.8 Å². The smallest absolute Gasteiger partial charge is 0.345 e. The number of nitrogens with zero attached hydrogens (tertiary/aromatic N) is 1. The summed E-state index contributed by atoms with van der Waals surface area (Å²) in [4.78, 5) is 10.8. The normalized spacial score (nSPS) is 21.9. The van der Waals surface area contributed by atoms with Crippen LogP contribution in [0.5, 0.6) is 0 Å². The topological polar surface area (TPSA) is 101 Å². The van der Waals surface area contributed by atoms with Crippen molar-refractivity contribution in [3.63, 3.8) is 0 Å². The molecule has 1 fully saturated rings. The fourth-order valence-electron chi connectivity index (χ4n) is 1.89. The van der Waals surface area contributed by atoms with E-state index in [2.05, 4.69) is 0 Å². The number of aromatic carboxylic acids is 1. The number of nitrogens with two attached hydrogens (primary N) is 1. The Bertz CT molecular complexity index is 552. The van der Waals surface area contributed by atoms with E-state index in [9.17, 15) is 13.2 Å². The van der Waals surface area contributed by atoms with E-state index in [0.29, 0.717) is 13.1 Å². The largest absolute Gasteiger partial charge is 0.477 e. The van der Waals surface area contributed by atoms with Gasteiger partial charge in [0.2, 0.25) is 0 Å². The number of sulfonamides is 1. The van der Waals surface area contributed by atoms with E-state index in [1.807, 2.05) is 0 Å². The van der Waals surface area contributed by atoms with Crippen LogP contribution in [0.15, 0.2) is 16.3 Å². The van der Waals surface area contributed by atoms with Crippen LogP contribution in [-0.4, -0.2) is 42.9 Å². The van der Waals surface area contributed by atoms with Gasteiger partial charge in [0.25, 0.3) is 10.0 Å². The van der Waals surface area contributed by atoms with Gasteiger partial charge in [-0.25, -0.2) is 13.2 Å². The highest BCUT2D eigenvalue weighted by molar-refractivity contribution is 7.91. The summed E-state index contributed by atoms with van der Waals surface area (Å²) in [7, 11) is -3.60. The fourth-order valence-corrected chi connectivity index (χ4v) is 4.73. The van der Waals surface area contributed by atoms with Crippen molar-refractivity contribution in [3.8, 4) is 0 Å². The lowest BCUT2D eigenvalue weighted by Gasteiger charge is -2.29. The summed E-state index contributed by atoms with van der Waals surface area (Å²) in [6.45, 7) is 0.735. The van der Waals surface area contributed by atoms with Gasteiger partial charge in [-0.3, -0.25) is 0 Å². The van der Waals surface area contributed by atoms with Gasteiger partial charge in [0, 0.05) is 19.1 Å². The van der Waals surface area contributed by atoms with Gasteiger partial charge < -0.3 is 10.8 Å². The molecule has 1 atom stereocenters. The predicted octanol–water partition coefficient (Wildman–Crippen LogP) is 0.558. The summed E-state index contributed by atoms with van der Waals surface area (Å²) in [5.41, 5.74) is 5.76. The number of rotatable bonds is 3. The zero-order valence-corrected chi connectivity index (χ0v) is 11.2. The van der Waals surface area contributed by atoms with E-state index in [0.717, 1.165) is 24.2 Å². The summed E-state index contributed by atoms with van der Waals surface area (Å²) < 4.78 is 25.9. The molecule has 1 aromatic rings. The Labute approximate surface area is 109 Å². The van der Waals surface area contributed by atoms with Gasteiger partial charge in [0.15, 0.2) is 0 Å². The molecule has 0 amide bonds. The highest BCUT2D eigenvalue weighted by Gasteiger charge is 2.30. The lowest BCUT2D eigenvalue weighted by atomic mass is 10.1. The van der Waals surface area contributed by atoms with Crippen molar-refractivity contribution in [2.45, 2.75) is 23.1 Å². The molecule has 3 N–H and O–H groups in total. The van der Waals surface area contributed by atoms with E-state index in [1.54, 1.807) is 0 Å². The van der Waals surface area contributed by atoms with Gasteiger partial charge >= 0.3 is 5.97 Å². The molecule has 100 valence electrons. The van der Waals surface area contributed by atoms with Crippen molar-refractivity contribution >= 4 is 27.3 Å². The van der Waals surface area contributed by atoms with E-state index in [-0.39, 0.29) is 15.1 Å². The second kappa shape index (κ2) is 4.96. The van der Waals surface area contributed by atoms with Crippen molar-refractivity contribution in [2.24, 2.45) is 5.73 Å². The summed E-state index contributed by atoms with van der Waals surface area (Å²) in [5, 5.41) is 8.80. The zero-order chi connectivity index (χ0) is 13.3. The molecule has 1 unspecified atom stereocenters. The number of hydrogen-bond acceptors (Lipinski definition) is 5. The number of piperidine rings is 1. The highest BCUT2D eigenvalue weighted by Crippen LogP contribution is 2.26. The van der Waals surface area contributed by atoms with E-state index >= 15 is 0 Å². The first-order valence-corrected chi connectivity index (χ1v) is 7.76. The average Bonchev–Trinajstić information content (AvgIpc) is 2.79. The minimum atomic E-state index is -3.60. The van der Waals surface area contributed by atoms with Crippen LogP contribution >= 0.6 is 11.3 Å². The van der Waals surface area contributed by atoms with Gasteiger partial charge in [-0.05, 0) is 25.0 Å². The molecule has 8 heteroatoms. The van der Waals surface area contributed by atoms with Crippen LogP contribution < -0.4 is 5.73 Å². The van der Waals surface area contributed by atoms with E-state index in [1.165, 1.54) is 16.4 Å². The lowest BCUT2D eigenvalue weighted by Crippen LogP contribution is -2.45. The minimum absolute atomic E-state index is 0.0230. The lowest BCUT2D eigenvalue weighted by molar-refractivity contribution is 0.0702. The Morgan fingerprint density at radius 1 is 1.50 bits per heavy atom. The van der Waals surface area contributed by atoms with Crippen molar-refractivity contribution < 1.29 is 18.3 Å². The molecule has 1 saturated heterocycles. The Hall–Kier alpha value is -0.960. The van der Waals surface area contributed by atoms with Crippen molar-refractivity contribution in [3.05, 3.63) is 17.0 Å². The Morgan fingerprint density at radius 2 is 2.22 bits per heavy atom. The SMILES string of the molecule is NC1CCCN(S(=O)(=O)c2ccc(C(=O)O)s2)C1. The molecule has 0 radical (unpaired) electrons. The van der Waals surface area contributed by atoms with Gasteiger partial charge in [-0.15, -0.1) is 11.3 Å². The molecule has 1 aliphatic rings. The third kappa shape index (κ3) is 2.56. The number of carbonyl (C=O) groups is 1. The first-order valence-electron chi connectivity index (χ1n) is 5.50. The van der Waals surface area contributed by atoms with Crippen LogP contribution in [0.3, 0.4) is 0 Å². The Kier molecular flexibility index (Phi) is 3.71. The Balaban J connectivity index is 2.26. The molecular weight excluding hydrogens is 276 g/mol. The third-order valence-electron chi connectivity index (χ3n) is 2.81. The summed E-state index contributed by atoms with van der Waals surface area (Å²) >= 11 is 0.773. The summed E-state index contributed by atoms with van der Waals surface area (Å²) in [6, 6.07) is 2.50. The molecule has 18 heavy (non-hydrogen) atoms. The minimum Gasteiger partial charge on any atom is -0.477 e. The van der Waals surface area contributed by atoms with Crippen molar-refractivity contribution in [1.29, 1.82) is 0 Å². The van der Waals surface area contributed by atoms with Crippen molar-refractivity contribution in [1.82, 2.24) is 4.31 Å². The number of carboxylic acid groups (broad SMARTS) is 1. The molecule has 0 aliphatic carbocycles. The van der Waals surface area contributed by atoms with Crippen LogP contribution in [0.4, 0.5) is 0 Å². The molecule has 0 spiro atoms. The summed E-state index contributed by atoms with van der Waals surface area (Å²) in [5.74, 6) is -1.11. The number of thiophene rings is 1. The molecule has 1 aromatic heterocycles. The van der Waals surface area contributed by atoms with Gasteiger partial charge in [0.1, 0.15) is 9.09 Å². The van der Waals surface area contributed by atoms with Gasteiger partial charge in [-0.2, -0.15) is 4.31 Å². The number of hydrogen-bond donors (Lipinski definition) is 2. The monoisotopic (exact) mass is 290 g/mol. The first kappa shape index (κ1) is 13.5. The Morgan fingerprint density at radius 3 is 2.78 bits per heavy atom. The second-order valence-corrected chi connectivity index (χ2v) is 7.44. The number of carboxylic acids is 1.